The van der Waals surface area contributed by atoms with E-state index in [9.17, 15) is 5.26 Å². The molecule has 4 rings (SSSR count). The van der Waals surface area contributed by atoms with Crippen LogP contribution in [0.5, 0.6) is 5.75 Å². The maximum Gasteiger partial charge on any atom is 0.118 e. The fourth-order valence-electron chi connectivity index (χ4n) is 3.27. The Morgan fingerprint density at radius 2 is 1.69 bits per heavy atom. The minimum absolute atomic E-state index is 0.532. The predicted molar refractivity (Wildman–Crippen MR) is 132 cm³/mol. The van der Waals surface area contributed by atoms with Gasteiger partial charge in [-0.15, -0.1) is 11.8 Å². The molecule has 1 heterocycles. The van der Waals surface area contributed by atoms with Gasteiger partial charge in [0.2, 0.25) is 0 Å². The molecule has 0 atom stereocenters. The molecule has 0 saturated carbocycles. The molecule has 1 aromatic heterocycles. The summed E-state index contributed by atoms with van der Waals surface area (Å²) in [4.78, 5) is 4.84. The Balaban J connectivity index is 1.80. The van der Waals surface area contributed by atoms with Crippen molar-refractivity contribution < 1.29 is 4.74 Å². The van der Waals surface area contributed by atoms with Gasteiger partial charge in [0.1, 0.15) is 16.8 Å². The van der Waals surface area contributed by atoms with Gasteiger partial charge in [0.05, 0.1) is 18.4 Å². The molecule has 0 radical (unpaired) electrons. The maximum absolute atomic E-state index is 10.0. The van der Waals surface area contributed by atoms with Gasteiger partial charge in [0.15, 0.2) is 0 Å². The van der Waals surface area contributed by atoms with E-state index >= 15 is 0 Å². The Morgan fingerprint density at radius 1 is 0.938 bits per heavy atom. The Hall–Kier alpha value is -2.97. The lowest BCUT2D eigenvalue weighted by Crippen LogP contribution is -1.96. The van der Waals surface area contributed by atoms with Crippen LogP contribution in [0.4, 0.5) is 0 Å². The van der Waals surface area contributed by atoms with Crippen molar-refractivity contribution >= 4 is 35.0 Å². The molecular formula is C26H18Cl2N2OS. The van der Waals surface area contributed by atoms with Crippen LogP contribution in [0.25, 0.3) is 22.4 Å². The zero-order chi connectivity index (χ0) is 22.5. The molecule has 4 aromatic rings. The summed E-state index contributed by atoms with van der Waals surface area (Å²) in [6, 6.07) is 27.4. The third kappa shape index (κ3) is 4.92. The van der Waals surface area contributed by atoms with E-state index in [0.717, 1.165) is 33.7 Å². The van der Waals surface area contributed by atoms with Crippen LogP contribution < -0.4 is 4.74 Å². The van der Waals surface area contributed by atoms with Crippen LogP contribution in [0.2, 0.25) is 10.0 Å². The highest BCUT2D eigenvalue weighted by molar-refractivity contribution is 7.98. The lowest BCUT2D eigenvalue weighted by Gasteiger charge is -2.13. The monoisotopic (exact) mass is 476 g/mol. The van der Waals surface area contributed by atoms with E-state index in [4.69, 9.17) is 32.9 Å². The van der Waals surface area contributed by atoms with Crippen molar-refractivity contribution in [3.8, 4) is 34.2 Å². The largest absolute Gasteiger partial charge is 0.497 e. The van der Waals surface area contributed by atoms with Crippen LogP contribution in [-0.4, -0.2) is 12.1 Å². The molecule has 0 bridgehead atoms. The summed E-state index contributed by atoms with van der Waals surface area (Å²) < 4.78 is 5.28. The molecule has 0 fully saturated rings. The van der Waals surface area contributed by atoms with E-state index in [1.54, 1.807) is 13.2 Å². The summed E-state index contributed by atoms with van der Waals surface area (Å²) in [6.45, 7) is 0. The number of nitrogens with zero attached hydrogens (tertiary/aromatic N) is 2. The summed E-state index contributed by atoms with van der Waals surface area (Å²) in [5, 5.41) is 11.9. The first-order chi connectivity index (χ1) is 15.6. The van der Waals surface area contributed by atoms with Crippen molar-refractivity contribution in [3.63, 3.8) is 0 Å². The molecule has 0 aliphatic carbocycles. The number of rotatable bonds is 6. The van der Waals surface area contributed by atoms with Crippen molar-refractivity contribution in [1.82, 2.24) is 4.98 Å². The van der Waals surface area contributed by atoms with Crippen molar-refractivity contribution in [2.45, 2.75) is 10.8 Å². The average molecular weight is 477 g/mol. The fourth-order valence-corrected chi connectivity index (χ4v) is 4.84. The lowest BCUT2D eigenvalue weighted by molar-refractivity contribution is 0.415. The summed E-state index contributed by atoms with van der Waals surface area (Å²) >= 11 is 13.9. The van der Waals surface area contributed by atoms with Crippen LogP contribution in [-0.2, 0) is 5.75 Å². The zero-order valence-electron chi connectivity index (χ0n) is 17.2. The Morgan fingerprint density at radius 3 is 2.34 bits per heavy atom. The first-order valence-corrected chi connectivity index (χ1v) is 11.5. The highest BCUT2D eigenvalue weighted by Crippen LogP contribution is 2.36. The van der Waals surface area contributed by atoms with E-state index in [2.05, 4.69) is 6.07 Å². The maximum atomic E-state index is 10.0. The van der Waals surface area contributed by atoms with Crippen molar-refractivity contribution in [2.75, 3.05) is 7.11 Å². The Labute approximate surface area is 201 Å². The highest BCUT2D eigenvalue weighted by atomic mass is 35.5. The van der Waals surface area contributed by atoms with Gasteiger partial charge in [-0.25, -0.2) is 4.98 Å². The SMILES string of the molecule is COc1ccc(-c2cc(-c3ccccc3)nc(SCc3ccc(Cl)cc3Cl)c2C#N)cc1. The molecular weight excluding hydrogens is 459 g/mol. The molecule has 0 spiro atoms. The molecule has 3 nitrogen and oxygen atoms in total. The second kappa shape index (κ2) is 10.1. The van der Waals surface area contributed by atoms with Crippen molar-refractivity contribution in [2.24, 2.45) is 0 Å². The van der Waals surface area contributed by atoms with E-state index in [1.165, 1.54) is 11.8 Å². The Bertz CT molecular complexity index is 1290. The normalized spacial score (nSPS) is 10.6. The van der Waals surface area contributed by atoms with E-state index in [0.29, 0.717) is 26.4 Å². The Kier molecular flexibility index (Phi) is 7.02. The van der Waals surface area contributed by atoms with Crippen LogP contribution in [0, 0.1) is 11.3 Å². The molecule has 3 aromatic carbocycles. The smallest absolute Gasteiger partial charge is 0.118 e. The molecule has 0 aliphatic rings. The first kappa shape index (κ1) is 22.2. The van der Waals surface area contributed by atoms with Gasteiger partial charge in [0.25, 0.3) is 0 Å². The summed E-state index contributed by atoms with van der Waals surface area (Å²) in [5.41, 5.74) is 5.01. The summed E-state index contributed by atoms with van der Waals surface area (Å²) in [5.74, 6) is 1.33. The van der Waals surface area contributed by atoms with Crippen LogP contribution in [0.15, 0.2) is 83.9 Å². The quantitative estimate of drug-likeness (QED) is 0.265. The first-order valence-electron chi connectivity index (χ1n) is 9.80. The lowest BCUT2D eigenvalue weighted by atomic mass is 9.99. The standard InChI is InChI=1S/C26H18Cl2N2OS/c1-31-21-11-8-17(9-12-21)22-14-25(18-5-3-2-4-6-18)30-26(23(22)15-29)32-16-19-7-10-20(27)13-24(19)28/h2-14H,16H2,1H3. The number of halogens is 2. The van der Waals surface area contributed by atoms with E-state index < -0.39 is 0 Å². The molecule has 0 N–H and O–H groups in total. The molecule has 0 amide bonds. The van der Waals surface area contributed by atoms with Gasteiger partial charge in [-0.1, -0.05) is 71.7 Å². The number of nitriles is 1. The number of hydrogen-bond acceptors (Lipinski definition) is 4. The third-order valence-corrected chi connectivity index (χ3v) is 6.56. The highest BCUT2D eigenvalue weighted by Gasteiger charge is 2.16. The number of benzene rings is 3. The van der Waals surface area contributed by atoms with Crippen LogP contribution in [0.3, 0.4) is 0 Å². The fraction of sp³-hybridized carbons (Fsp3) is 0.0769. The molecule has 6 heteroatoms. The second-order valence-corrected chi connectivity index (χ2v) is 8.77. The molecule has 158 valence electrons. The number of aromatic nitrogens is 1. The molecule has 0 saturated heterocycles. The molecule has 0 unspecified atom stereocenters. The van der Waals surface area contributed by atoms with Gasteiger partial charge in [-0.05, 0) is 41.5 Å². The second-order valence-electron chi connectivity index (χ2n) is 6.97. The van der Waals surface area contributed by atoms with Gasteiger partial charge >= 0.3 is 0 Å². The van der Waals surface area contributed by atoms with Gasteiger partial charge in [-0.3, -0.25) is 0 Å². The van der Waals surface area contributed by atoms with Gasteiger partial charge in [-0.2, -0.15) is 5.26 Å². The minimum Gasteiger partial charge on any atom is -0.497 e. The van der Waals surface area contributed by atoms with Gasteiger partial charge < -0.3 is 4.74 Å². The summed E-state index contributed by atoms with van der Waals surface area (Å²) in [7, 11) is 1.63. The molecule has 0 aliphatic heterocycles. The molecule has 32 heavy (non-hydrogen) atoms. The van der Waals surface area contributed by atoms with Crippen LogP contribution >= 0.6 is 35.0 Å². The number of pyridine rings is 1. The van der Waals surface area contributed by atoms with E-state index in [1.807, 2.05) is 72.8 Å². The predicted octanol–water partition coefficient (Wildman–Crippen LogP) is 7.89. The topological polar surface area (TPSA) is 45.9 Å². The summed E-state index contributed by atoms with van der Waals surface area (Å²) in [6.07, 6.45) is 0. The minimum atomic E-state index is 0.532. The van der Waals surface area contributed by atoms with E-state index in [-0.39, 0.29) is 0 Å². The zero-order valence-corrected chi connectivity index (χ0v) is 19.5. The van der Waals surface area contributed by atoms with Crippen molar-refractivity contribution in [1.29, 1.82) is 5.26 Å². The third-order valence-electron chi connectivity index (χ3n) is 4.95. The van der Waals surface area contributed by atoms with Crippen molar-refractivity contribution in [3.05, 3.63) is 100 Å². The average Bonchev–Trinajstić information content (AvgIpc) is 2.83. The van der Waals surface area contributed by atoms with Crippen LogP contribution in [0.1, 0.15) is 11.1 Å². The number of thioether (sulfide) groups is 1. The van der Waals surface area contributed by atoms with Gasteiger partial charge in [0, 0.05) is 26.9 Å². The number of ether oxygens (including phenoxy) is 1. The number of hydrogen-bond donors (Lipinski definition) is 0. The number of methoxy groups -OCH3 is 1.